The van der Waals surface area contributed by atoms with Crippen LogP contribution in [0.4, 0.5) is 5.69 Å². The number of imide groups is 1. The minimum Gasteiger partial charge on any atom is -0.464 e. The second-order valence-electron chi connectivity index (χ2n) is 6.07. The van der Waals surface area contributed by atoms with Gasteiger partial charge in [-0.25, -0.2) is 0 Å². The van der Waals surface area contributed by atoms with E-state index >= 15 is 0 Å². The maximum atomic E-state index is 12.2. The minimum absolute atomic E-state index is 0.0364. The number of carbonyl (C=O) groups is 3. The predicted molar refractivity (Wildman–Crippen MR) is 83.8 cm³/mol. The smallest absolute Gasteiger partial charge is 0.308 e. The second kappa shape index (κ2) is 6.40. The highest BCUT2D eigenvalue weighted by atomic mass is 16.5. The van der Waals surface area contributed by atoms with Crippen molar-refractivity contribution in [1.82, 2.24) is 4.90 Å². The van der Waals surface area contributed by atoms with Crippen molar-refractivity contribution in [3.8, 4) is 0 Å². The zero-order chi connectivity index (χ0) is 16.4. The van der Waals surface area contributed by atoms with E-state index in [1.807, 2.05) is 0 Å². The number of nitrogens with two attached hydrogens (primary N) is 1. The molecular weight excluding hydrogens is 296 g/mol. The largest absolute Gasteiger partial charge is 0.464 e. The third-order valence-electron chi connectivity index (χ3n) is 4.49. The Morgan fingerprint density at radius 1 is 1.13 bits per heavy atom. The van der Waals surface area contributed by atoms with Gasteiger partial charge < -0.3 is 10.5 Å². The van der Waals surface area contributed by atoms with E-state index in [4.69, 9.17) is 10.5 Å². The Morgan fingerprint density at radius 2 is 1.83 bits per heavy atom. The number of nitrogen functional groups attached to an aromatic ring is 1. The van der Waals surface area contributed by atoms with Crippen LogP contribution in [0.3, 0.4) is 0 Å². The number of nitrogens with zero attached hydrogens (tertiary/aromatic N) is 1. The Morgan fingerprint density at radius 3 is 2.57 bits per heavy atom. The molecule has 6 heteroatoms. The molecule has 0 bridgehead atoms. The lowest BCUT2D eigenvalue weighted by atomic mass is 9.89. The van der Waals surface area contributed by atoms with Crippen LogP contribution in [0, 0.1) is 5.92 Å². The van der Waals surface area contributed by atoms with Crippen LogP contribution in [-0.4, -0.2) is 35.8 Å². The first kappa shape index (κ1) is 15.5. The molecule has 1 fully saturated rings. The Labute approximate surface area is 134 Å². The number of rotatable bonds is 4. The van der Waals surface area contributed by atoms with Gasteiger partial charge in [-0.05, 0) is 31.0 Å². The molecule has 1 aromatic rings. The average molecular weight is 316 g/mol. The number of hydrogen-bond donors (Lipinski definition) is 1. The van der Waals surface area contributed by atoms with Crippen LogP contribution in [0.5, 0.6) is 0 Å². The molecule has 1 aromatic carbocycles. The van der Waals surface area contributed by atoms with E-state index in [2.05, 4.69) is 0 Å². The first-order valence-electron chi connectivity index (χ1n) is 8.00. The molecule has 0 radical (unpaired) electrons. The molecule has 0 atom stereocenters. The lowest BCUT2D eigenvalue weighted by molar-refractivity contribution is -0.149. The van der Waals surface area contributed by atoms with Crippen molar-refractivity contribution in [3.63, 3.8) is 0 Å². The van der Waals surface area contributed by atoms with Crippen LogP contribution in [0.15, 0.2) is 18.2 Å². The number of hydrogen-bond acceptors (Lipinski definition) is 5. The van der Waals surface area contributed by atoms with Crippen LogP contribution in [0.25, 0.3) is 0 Å². The molecule has 1 saturated carbocycles. The molecule has 0 spiro atoms. The van der Waals surface area contributed by atoms with E-state index in [-0.39, 0.29) is 36.9 Å². The van der Waals surface area contributed by atoms with Crippen molar-refractivity contribution in [3.05, 3.63) is 29.3 Å². The fraction of sp³-hybridized carbons (Fsp3) is 0.471. The summed E-state index contributed by atoms with van der Waals surface area (Å²) < 4.78 is 5.25. The zero-order valence-electron chi connectivity index (χ0n) is 12.9. The molecule has 1 aliphatic heterocycles. The highest BCUT2D eigenvalue weighted by molar-refractivity contribution is 6.21. The molecule has 2 aliphatic rings. The third-order valence-corrected chi connectivity index (χ3v) is 4.49. The highest BCUT2D eigenvalue weighted by Gasteiger charge is 2.35. The third kappa shape index (κ3) is 3.06. The number of amides is 2. The van der Waals surface area contributed by atoms with Gasteiger partial charge in [0.05, 0.1) is 23.6 Å². The van der Waals surface area contributed by atoms with Crippen molar-refractivity contribution in [2.24, 2.45) is 5.92 Å². The lowest BCUT2D eigenvalue weighted by Crippen LogP contribution is -2.34. The van der Waals surface area contributed by atoms with E-state index in [1.54, 1.807) is 12.1 Å². The quantitative estimate of drug-likeness (QED) is 0.521. The van der Waals surface area contributed by atoms with Crippen molar-refractivity contribution in [2.75, 3.05) is 18.9 Å². The van der Waals surface area contributed by atoms with Gasteiger partial charge in [0.15, 0.2) is 0 Å². The number of fused-ring (bicyclic) bond motifs is 1. The molecule has 0 aromatic heterocycles. The van der Waals surface area contributed by atoms with Gasteiger partial charge in [-0.15, -0.1) is 0 Å². The molecule has 122 valence electrons. The van der Waals surface area contributed by atoms with Crippen LogP contribution < -0.4 is 5.73 Å². The fourth-order valence-corrected chi connectivity index (χ4v) is 3.21. The Bertz CT molecular complexity index is 650. The first-order chi connectivity index (χ1) is 11.1. The number of benzene rings is 1. The summed E-state index contributed by atoms with van der Waals surface area (Å²) in [6, 6.07) is 4.65. The van der Waals surface area contributed by atoms with Gasteiger partial charge in [0, 0.05) is 5.69 Å². The van der Waals surface area contributed by atoms with E-state index in [0.29, 0.717) is 16.8 Å². The zero-order valence-corrected chi connectivity index (χ0v) is 12.9. The molecule has 2 N–H and O–H groups in total. The lowest BCUT2D eigenvalue weighted by Gasteiger charge is -2.20. The number of anilines is 1. The summed E-state index contributed by atoms with van der Waals surface area (Å²) in [7, 11) is 0. The molecule has 1 heterocycles. The molecule has 2 amide bonds. The van der Waals surface area contributed by atoms with Crippen molar-refractivity contribution >= 4 is 23.5 Å². The van der Waals surface area contributed by atoms with E-state index in [9.17, 15) is 14.4 Å². The summed E-state index contributed by atoms with van der Waals surface area (Å²) in [6.07, 6.45) is 5.01. The van der Waals surface area contributed by atoms with E-state index in [1.165, 1.54) is 12.5 Å². The fourth-order valence-electron chi connectivity index (χ4n) is 3.21. The Kier molecular flexibility index (Phi) is 4.32. The number of ether oxygens (including phenoxy) is 1. The topological polar surface area (TPSA) is 89.7 Å². The Hall–Kier alpha value is -2.37. The second-order valence-corrected chi connectivity index (χ2v) is 6.07. The summed E-state index contributed by atoms with van der Waals surface area (Å²) in [5, 5.41) is 0. The summed E-state index contributed by atoms with van der Waals surface area (Å²) >= 11 is 0. The molecule has 0 unspecified atom stereocenters. The van der Waals surface area contributed by atoms with Crippen LogP contribution >= 0.6 is 0 Å². The van der Waals surface area contributed by atoms with Crippen molar-refractivity contribution < 1.29 is 19.1 Å². The maximum Gasteiger partial charge on any atom is 0.308 e. The summed E-state index contributed by atoms with van der Waals surface area (Å²) in [6.45, 7) is 0.112. The molecule has 3 rings (SSSR count). The average Bonchev–Trinajstić information content (AvgIpc) is 2.80. The maximum absolute atomic E-state index is 12.2. The van der Waals surface area contributed by atoms with Crippen molar-refractivity contribution in [2.45, 2.75) is 32.1 Å². The van der Waals surface area contributed by atoms with Crippen molar-refractivity contribution in [1.29, 1.82) is 0 Å². The summed E-state index contributed by atoms with van der Waals surface area (Å²) in [5.74, 6) is -0.999. The Balaban J connectivity index is 1.56. The van der Waals surface area contributed by atoms with Crippen LogP contribution in [0.1, 0.15) is 52.8 Å². The summed E-state index contributed by atoms with van der Waals surface area (Å²) in [5.41, 5.74) is 6.76. The highest BCUT2D eigenvalue weighted by Crippen LogP contribution is 2.26. The SMILES string of the molecule is Nc1ccc2c(c1)C(=O)N(CCOC(=O)C1CCCCC1)C2=O. The van der Waals surface area contributed by atoms with E-state index in [0.717, 1.165) is 30.6 Å². The molecule has 1 aliphatic carbocycles. The van der Waals surface area contributed by atoms with Gasteiger partial charge in [-0.3, -0.25) is 19.3 Å². The predicted octanol–water partition coefficient (Wildman–Crippen LogP) is 1.99. The standard InChI is InChI=1S/C17H20N2O4/c18-12-6-7-13-14(10-12)16(21)19(15(13)20)8-9-23-17(22)11-4-2-1-3-5-11/h6-7,10-11H,1-5,8-9,18H2. The molecule has 0 saturated heterocycles. The van der Waals surface area contributed by atoms with E-state index < -0.39 is 0 Å². The monoisotopic (exact) mass is 316 g/mol. The number of carbonyl (C=O) groups excluding carboxylic acids is 3. The normalized spacial score (nSPS) is 18.2. The minimum atomic E-state index is -0.383. The first-order valence-corrected chi connectivity index (χ1v) is 8.00. The van der Waals surface area contributed by atoms with Gasteiger partial charge in [0.2, 0.25) is 0 Å². The van der Waals surface area contributed by atoms with Gasteiger partial charge in [-0.2, -0.15) is 0 Å². The van der Waals surface area contributed by atoms with Gasteiger partial charge in [-0.1, -0.05) is 19.3 Å². The van der Waals surface area contributed by atoms with Gasteiger partial charge in [0.25, 0.3) is 11.8 Å². The van der Waals surface area contributed by atoms with Crippen LogP contribution in [-0.2, 0) is 9.53 Å². The van der Waals surface area contributed by atoms with Crippen LogP contribution in [0.2, 0.25) is 0 Å². The summed E-state index contributed by atoms with van der Waals surface area (Å²) in [4.78, 5) is 37.5. The van der Waals surface area contributed by atoms with Gasteiger partial charge >= 0.3 is 5.97 Å². The van der Waals surface area contributed by atoms with Gasteiger partial charge in [0.1, 0.15) is 6.61 Å². The molecule has 6 nitrogen and oxygen atoms in total. The molecule has 23 heavy (non-hydrogen) atoms. The molecular formula is C17H20N2O4. The number of esters is 1.